The molecule has 86 valence electrons. The summed E-state index contributed by atoms with van der Waals surface area (Å²) in [4.78, 5) is 28.8. The molecule has 15 heavy (non-hydrogen) atoms. The molecule has 1 amide bonds. The molecule has 2 atom stereocenters. The third-order valence-electron chi connectivity index (χ3n) is 2.06. The Labute approximate surface area is 86.2 Å². The zero-order valence-electron chi connectivity index (χ0n) is 7.81. The van der Waals surface area contributed by atoms with Gasteiger partial charge in [0.25, 0.3) is 0 Å². The fourth-order valence-electron chi connectivity index (χ4n) is 1.48. The van der Waals surface area contributed by atoms with E-state index in [2.05, 4.69) is 11.1 Å². The van der Waals surface area contributed by atoms with Gasteiger partial charge in [-0.3, -0.25) is 14.6 Å². The van der Waals surface area contributed by atoms with Gasteiger partial charge in [0.15, 0.2) is 0 Å². The first-order valence-corrected chi connectivity index (χ1v) is 5.69. The average Bonchev–Trinajstić information content (AvgIpc) is 2.43. The Balaban J connectivity index is 2.67. The van der Waals surface area contributed by atoms with E-state index in [1.807, 2.05) is 0 Å². The van der Waals surface area contributed by atoms with Crippen LogP contribution in [0.3, 0.4) is 0 Å². The minimum absolute atomic E-state index is 0.109. The van der Waals surface area contributed by atoms with Gasteiger partial charge in [-0.2, -0.15) is 0 Å². The highest BCUT2D eigenvalue weighted by Gasteiger charge is 2.35. The number of hydrogen-bond donors (Lipinski definition) is 3. The molecule has 0 bridgehead atoms. The number of phosphoric acid groups is 1. The van der Waals surface area contributed by atoms with E-state index in [-0.39, 0.29) is 18.7 Å². The molecule has 0 spiro atoms. The molecule has 0 unspecified atom stereocenters. The summed E-state index contributed by atoms with van der Waals surface area (Å²) in [6.45, 7) is 3.44. The van der Waals surface area contributed by atoms with E-state index in [9.17, 15) is 14.5 Å². The van der Waals surface area contributed by atoms with Gasteiger partial charge in [0.2, 0.25) is 6.41 Å². The summed E-state index contributed by atoms with van der Waals surface area (Å²) in [6, 6.07) is -0.690. The lowest BCUT2D eigenvalue weighted by Gasteiger charge is -2.21. The van der Waals surface area contributed by atoms with Crippen molar-refractivity contribution in [3.63, 3.8) is 0 Å². The monoisotopic (exact) mass is 237 g/mol. The van der Waals surface area contributed by atoms with Crippen LogP contribution in [0.1, 0.15) is 6.42 Å². The number of phosphoric ester groups is 1. The van der Waals surface area contributed by atoms with Crippen LogP contribution in [0, 0.1) is 0 Å². The van der Waals surface area contributed by atoms with Crippen molar-refractivity contribution in [1.82, 2.24) is 4.90 Å². The number of hydrogen-bond acceptors (Lipinski definition) is 4. The first-order chi connectivity index (χ1) is 6.83. The van der Waals surface area contributed by atoms with Gasteiger partial charge in [-0.1, -0.05) is 6.58 Å². The summed E-state index contributed by atoms with van der Waals surface area (Å²) in [7, 11) is -4.65. The molecule has 1 rings (SSSR count). The number of amides is 1. The summed E-state index contributed by atoms with van der Waals surface area (Å²) < 4.78 is 14.8. The summed E-state index contributed by atoms with van der Waals surface area (Å²) in [6.07, 6.45) is -0.0792. The maximum absolute atomic E-state index is 10.6. The SMILES string of the molecule is C=C(OP(=O)(O)O)[C@@H]1C[C@@H](O)CN1C=O. The number of aliphatic hydroxyl groups excluding tert-OH is 1. The molecule has 1 fully saturated rings. The minimum Gasteiger partial charge on any atom is -0.407 e. The van der Waals surface area contributed by atoms with Crippen molar-refractivity contribution in [1.29, 1.82) is 0 Å². The quantitative estimate of drug-likeness (QED) is 0.335. The molecule has 7 nitrogen and oxygen atoms in total. The normalized spacial score (nSPS) is 26.5. The predicted molar refractivity (Wildman–Crippen MR) is 49.5 cm³/mol. The molecular weight excluding hydrogens is 225 g/mol. The van der Waals surface area contributed by atoms with Gasteiger partial charge in [0, 0.05) is 13.0 Å². The Kier molecular flexibility index (Phi) is 3.51. The number of β-amino-alcohol motifs (C(OH)–C–C–N with tert-alkyl or cyclic N) is 1. The second-order valence-corrected chi connectivity index (χ2v) is 4.42. The standard InChI is InChI=1S/C7H12NO6P/c1-5(14-15(11,12)13)7-2-6(10)3-8(7)4-9/h4,6-7,10H,1-3H2,(H2,11,12,13)/t6-,7+/m1/s1. The maximum Gasteiger partial charge on any atom is 0.524 e. The van der Waals surface area contributed by atoms with Crippen LogP contribution in [0.15, 0.2) is 12.3 Å². The fourth-order valence-corrected chi connectivity index (χ4v) is 1.91. The van der Waals surface area contributed by atoms with Crippen molar-refractivity contribution in [2.45, 2.75) is 18.6 Å². The second kappa shape index (κ2) is 4.32. The Morgan fingerprint density at radius 1 is 1.60 bits per heavy atom. The van der Waals surface area contributed by atoms with Crippen molar-refractivity contribution in [2.24, 2.45) is 0 Å². The lowest BCUT2D eigenvalue weighted by atomic mass is 10.2. The molecular formula is C7H12NO6P. The van der Waals surface area contributed by atoms with Gasteiger partial charge < -0.3 is 14.5 Å². The van der Waals surface area contributed by atoms with E-state index >= 15 is 0 Å². The summed E-state index contributed by atoms with van der Waals surface area (Å²) in [5, 5.41) is 9.26. The highest BCUT2D eigenvalue weighted by atomic mass is 31.2. The van der Waals surface area contributed by atoms with Gasteiger partial charge in [0.05, 0.1) is 12.1 Å². The molecule has 3 N–H and O–H groups in total. The number of aliphatic hydroxyl groups is 1. The third kappa shape index (κ3) is 3.32. The molecule has 0 saturated carbocycles. The van der Waals surface area contributed by atoms with E-state index in [1.54, 1.807) is 0 Å². The zero-order chi connectivity index (χ0) is 11.6. The summed E-state index contributed by atoms with van der Waals surface area (Å²) in [5.41, 5.74) is 0. The molecule has 1 aliphatic rings. The molecule has 0 aromatic carbocycles. The molecule has 0 aromatic rings. The Hall–Kier alpha value is -0.880. The fraction of sp³-hybridized carbons (Fsp3) is 0.571. The van der Waals surface area contributed by atoms with Crippen LogP contribution in [0.2, 0.25) is 0 Å². The molecule has 8 heteroatoms. The van der Waals surface area contributed by atoms with Crippen LogP contribution in [0.25, 0.3) is 0 Å². The first-order valence-electron chi connectivity index (χ1n) is 4.16. The molecule has 0 aliphatic carbocycles. The topological polar surface area (TPSA) is 107 Å². The number of carbonyl (C=O) groups excluding carboxylic acids is 1. The van der Waals surface area contributed by atoms with E-state index in [4.69, 9.17) is 9.79 Å². The maximum atomic E-state index is 10.6. The lowest BCUT2D eigenvalue weighted by Crippen LogP contribution is -2.30. The van der Waals surface area contributed by atoms with Crippen molar-refractivity contribution >= 4 is 14.2 Å². The Morgan fingerprint density at radius 3 is 2.67 bits per heavy atom. The number of likely N-dealkylation sites (tertiary alicyclic amines) is 1. The lowest BCUT2D eigenvalue weighted by molar-refractivity contribution is -0.119. The summed E-state index contributed by atoms with van der Waals surface area (Å²) in [5.74, 6) is -0.216. The van der Waals surface area contributed by atoms with Gasteiger partial charge >= 0.3 is 7.82 Å². The van der Waals surface area contributed by atoms with Crippen molar-refractivity contribution in [3.8, 4) is 0 Å². The molecule has 1 saturated heterocycles. The Bertz CT molecular complexity index is 313. The van der Waals surface area contributed by atoms with Gasteiger partial charge in [-0.25, -0.2) is 4.57 Å². The van der Waals surface area contributed by atoms with Crippen LogP contribution in [-0.4, -0.2) is 44.9 Å². The largest absolute Gasteiger partial charge is 0.524 e. The van der Waals surface area contributed by atoms with Crippen LogP contribution in [0.5, 0.6) is 0 Å². The van der Waals surface area contributed by atoms with E-state index < -0.39 is 20.0 Å². The van der Waals surface area contributed by atoms with Crippen LogP contribution in [0.4, 0.5) is 0 Å². The van der Waals surface area contributed by atoms with Crippen molar-refractivity contribution < 1.29 is 28.8 Å². The number of nitrogens with zero attached hydrogens (tertiary/aromatic N) is 1. The zero-order valence-corrected chi connectivity index (χ0v) is 8.71. The van der Waals surface area contributed by atoms with Crippen LogP contribution < -0.4 is 0 Å². The highest BCUT2D eigenvalue weighted by molar-refractivity contribution is 7.46. The van der Waals surface area contributed by atoms with Crippen molar-refractivity contribution in [2.75, 3.05) is 6.54 Å². The predicted octanol–water partition coefficient (Wildman–Crippen LogP) is -0.799. The Morgan fingerprint density at radius 2 is 2.20 bits per heavy atom. The molecule has 0 radical (unpaired) electrons. The van der Waals surface area contributed by atoms with E-state index in [0.29, 0.717) is 6.41 Å². The highest BCUT2D eigenvalue weighted by Crippen LogP contribution is 2.41. The van der Waals surface area contributed by atoms with Crippen molar-refractivity contribution in [3.05, 3.63) is 12.3 Å². The summed E-state index contributed by atoms with van der Waals surface area (Å²) >= 11 is 0. The molecule has 1 aliphatic heterocycles. The van der Waals surface area contributed by atoms with Crippen LogP contribution >= 0.6 is 7.82 Å². The number of carbonyl (C=O) groups is 1. The average molecular weight is 237 g/mol. The van der Waals surface area contributed by atoms with E-state index in [1.165, 1.54) is 4.90 Å². The van der Waals surface area contributed by atoms with E-state index in [0.717, 1.165) is 0 Å². The van der Waals surface area contributed by atoms with Gasteiger partial charge in [-0.15, -0.1) is 0 Å². The first kappa shape index (κ1) is 12.2. The van der Waals surface area contributed by atoms with Gasteiger partial charge in [-0.05, 0) is 0 Å². The molecule has 1 heterocycles. The smallest absolute Gasteiger partial charge is 0.407 e. The number of rotatable bonds is 4. The minimum atomic E-state index is -4.65. The third-order valence-corrected chi connectivity index (χ3v) is 2.53. The second-order valence-electron chi connectivity index (χ2n) is 3.26. The van der Waals surface area contributed by atoms with Crippen LogP contribution in [-0.2, 0) is 13.9 Å². The molecule has 0 aromatic heterocycles. The van der Waals surface area contributed by atoms with Gasteiger partial charge in [0.1, 0.15) is 5.76 Å².